The summed E-state index contributed by atoms with van der Waals surface area (Å²) in [5, 5.41) is 2.86. The molecule has 1 amide bonds. The molecule has 0 heterocycles. The van der Waals surface area contributed by atoms with Crippen LogP contribution in [-0.2, 0) is 4.79 Å². The number of rotatable bonds is 8. The van der Waals surface area contributed by atoms with E-state index in [1.54, 1.807) is 6.92 Å². The lowest BCUT2D eigenvalue weighted by Gasteiger charge is -2.17. The summed E-state index contributed by atoms with van der Waals surface area (Å²) in [4.78, 5) is 12.2. The zero-order valence-electron chi connectivity index (χ0n) is 16.3. The molecule has 4 nitrogen and oxygen atoms in total. The zero-order chi connectivity index (χ0) is 19.1. The quantitative estimate of drug-likeness (QED) is 0.715. The molecular formula is C22H29NO3. The van der Waals surface area contributed by atoms with Gasteiger partial charge in [0.05, 0.1) is 6.54 Å². The highest BCUT2D eigenvalue weighted by molar-refractivity contribution is 5.80. The van der Waals surface area contributed by atoms with Gasteiger partial charge in [0.2, 0.25) is 0 Å². The van der Waals surface area contributed by atoms with Gasteiger partial charge in [0, 0.05) is 0 Å². The van der Waals surface area contributed by atoms with E-state index >= 15 is 0 Å². The first-order valence-corrected chi connectivity index (χ1v) is 9.11. The standard InChI is InChI=1S/C22H29NO3/c1-15(2)20-8-6-7-9-21(20)25-11-10-23-22(24)18(5)26-19-13-16(3)12-17(4)14-19/h6-9,12-15,18H,10-11H2,1-5H3,(H,23,24)/t18-/m0/s1. The summed E-state index contributed by atoms with van der Waals surface area (Å²) in [5.74, 6) is 1.83. The minimum Gasteiger partial charge on any atom is -0.491 e. The summed E-state index contributed by atoms with van der Waals surface area (Å²) in [6.45, 7) is 10.9. The maximum atomic E-state index is 12.2. The van der Waals surface area contributed by atoms with Crippen LogP contribution >= 0.6 is 0 Å². The summed E-state index contributed by atoms with van der Waals surface area (Å²) < 4.78 is 11.6. The van der Waals surface area contributed by atoms with Gasteiger partial charge in [-0.05, 0) is 61.6 Å². The van der Waals surface area contributed by atoms with Gasteiger partial charge in [-0.3, -0.25) is 4.79 Å². The number of hydrogen-bond donors (Lipinski definition) is 1. The molecule has 0 aliphatic carbocycles. The maximum Gasteiger partial charge on any atom is 0.260 e. The van der Waals surface area contributed by atoms with Gasteiger partial charge in [0.25, 0.3) is 5.91 Å². The van der Waals surface area contributed by atoms with Gasteiger partial charge in [0.15, 0.2) is 6.10 Å². The van der Waals surface area contributed by atoms with E-state index < -0.39 is 6.10 Å². The van der Waals surface area contributed by atoms with E-state index in [4.69, 9.17) is 9.47 Å². The molecule has 1 N–H and O–H groups in total. The molecule has 1 atom stereocenters. The van der Waals surface area contributed by atoms with E-state index in [0.29, 0.717) is 24.8 Å². The normalized spacial score (nSPS) is 11.9. The first kappa shape index (κ1) is 19.8. The zero-order valence-corrected chi connectivity index (χ0v) is 16.3. The fourth-order valence-corrected chi connectivity index (χ4v) is 2.83. The van der Waals surface area contributed by atoms with E-state index in [9.17, 15) is 4.79 Å². The van der Waals surface area contributed by atoms with Crippen molar-refractivity contribution in [2.45, 2.75) is 46.6 Å². The number of hydrogen-bond acceptors (Lipinski definition) is 3. The molecule has 0 aliphatic heterocycles. The lowest BCUT2D eigenvalue weighted by atomic mass is 10.0. The number of aryl methyl sites for hydroxylation is 2. The van der Waals surface area contributed by atoms with Crippen molar-refractivity contribution in [2.75, 3.05) is 13.2 Å². The SMILES string of the molecule is Cc1cc(C)cc(O[C@@H](C)C(=O)NCCOc2ccccc2C(C)C)c1. The topological polar surface area (TPSA) is 47.6 Å². The van der Waals surface area contributed by atoms with Crippen LogP contribution in [0.5, 0.6) is 11.5 Å². The van der Waals surface area contributed by atoms with Crippen LogP contribution in [0.3, 0.4) is 0 Å². The van der Waals surface area contributed by atoms with Crippen molar-refractivity contribution in [2.24, 2.45) is 0 Å². The highest BCUT2D eigenvalue weighted by Gasteiger charge is 2.14. The second kappa shape index (κ2) is 9.27. The average molecular weight is 355 g/mol. The lowest BCUT2D eigenvalue weighted by molar-refractivity contribution is -0.127. The summed E-state index contributed by atoms with van der Waals surface area (Å²) in [6.07, 6.45) is -0.556. The molecule has 2 rings (SSSR count). The first-order chi connectivity index (χ1) is 12.4. The van der Waals surface area contributed by atoms with Gasteiger partial charge in [-0.2, -0.15) is 0 Å². The summed E-state index contributed by atoms with van der Waals surface area (Å²) in [7, 11) is 0. The maximum absolute atomic E-state index is 12.2. The highest BCUT2D eigenvalue weighted by atomic mass is 16.5. The number of para-hydroxylation sites is 1. The predicted octanol–water partition coefficient (Wildman–Crippen LogP) is 4.39. The van der Waals surface area contributed by atoms with Crippen molar-refractivity contribution in [1.82, 2.24) is 5.32 Å². The monoisotopic (exact) mass is 355 g/mol. The number of nitrogens with one attached hydrogen (secondary N) is 1. The van der Waals surface area contributed by atoms with Crippen LogP contribution < -0.4 is 14.8 Å². The van der Waals surface area contributed by atoms with Gasteiger partial charge < -0.3 is 14.8 Å². The molecule has 4 heteroatoms. The molecule has 0 radical (unpaired) electrons. The fraction of sp³-hybridized carbons (Fsp3) is 0.409. The molecule has 0 aromatic heterocycles. The van der Waals surface area contributed by atoms with Crippen molar-refractivity contribution in [3.63, 3.8) is 0 Å². The molecule has 0 fully saturated rings. The van der Waals surface area contributed by atoms with E-state index in [1.807, 2.05) is 44.2 Å². The molecule has 2 aromatic rings. The third-order valence-electron chi connectivity index (χ3n) is 4.08. The Morgan fingerprint density at radius 2 is 1.69 bits per heavy atom. The second-order valence-corrected chi connectivity index (χ2v) is 6.92. The van der Waals surface area contributed by atoms with E-state index in [1.165, 1.54) is 5.56 Å². The lowest BCUT2D eigenvalue weighted by Crippen LogP contribution is -2.38. The predicted molar refractivity (Wildman–Crippen MR) is 105 cm³/mol. The van der Waals surface area contributed by atoms with Gasteiger partial charge in [0.1, 0.15) is 18.1 Å². The van der Waals surface area contributed by atoms with Gasteiger partial charge >= 0.3 is 0 Å². The van der Waals surface area contributed by atoms with Crippen molar-refractivity contribution in [3.05, 3.63) is 59.2 Å². The van der Waals surface area contributed by atoms with Gasteiger partial charge in [-0.25, -0.2) is 0 Å². The number of ether oxygens (including phenoxy) is 2. The number of amides is 1. The molecule has 2 aromatic carbocycles. The average Bonchev–Trinajstić information content (AvgIpc) is 2.57. The molecule has 0 bridgehead atoms. The Bertz CT molecular complexity index is 720. The molecule has 0 saturated heterocycles. The number of carbonyl (C=O) groups excluding carboxylic acids is 1. The molecule has 0 unspecified atom stereocenters. The largest absolute Gasteiger partial charge is 0.491 e. The van der Waals surface area contributed by atoms with Crippen molar-refractivity contribution in [1.29, 1.82) is 0 Å². The molecule has 0 aliphatic rings. The second-order valence-electron chi connectivity index (χ2n) is 6.92. The smallest absolute Gasteiger partial charge is 0.260 e. The van der Waals surface area contributed by atoms with E-state index in [-0.39, 0.29) is 5.91 Å². The van der Waals surface area contributed by atoms with Crippen LogP contribution in [0.1, 0.15) is 43.4 Å². The number of carbonyl (C=O) groups is 1. The Hall–Kier alpha value is -2.49. The van der Waals surface area contributed by atoms with Crippen molar-refractivity contribution < 1.29 is 14.3 Å². The minimum atomic E-state index is -0.556. The van der Waals surface area contributed by atoms with Crippen LogP contribution in [0.25, 0.3) is 0 Å². The Morgan fingerprint density at radius 3 is 2.35 bits per heavy atom. The van der Waals surface area contributed by atoms with Crippen molar-refractivity contribution >= 4 is 5.91 Å². The third-order valence-corrected chi connectivity index (χ3v) is 4.08. The van der Waals surface area contributed by atoms with E-state index in [2.05, 4.69) is 31.3 Å². The molecule has 140 valence electrons. The Balaban J connectivity index is 1.79. The van der Waals surface area contributed by atoms with Crippen molar-refractivity contribution in [3.8, 4) is 11.5 Å². The summed E-state index contributed by atoms with van der Waals surface area (Å²) in [5.41, 5.74) is 3.40. The summed E-state index contributed by atoms with van der Waals surface area (Å²) >= 11 is 0. The van der Waals surface area contributed by atoms with Gasteiger partial charge in [-0.1, -0.05) is 38.1 Å². The molecule has 0 saturated carbocycles. The first-order valence-electron chi connectivity index (χ1n) is 9.11. The fourth-order valence-electron chi connectivity index (χ4n) is 2.83. The van der Waals surface area contributed by atoms with Crippen LogP contribution in [0, 0.1) is 13.8 Å². The molecule has 0 spiro atoms. The third kappa shape index (κ3) is 5.80. The van der Waals surface area contributed by atoms with E-state index in [0.717, 1.165) is 16.9 Å². The summed E-state index contributed by atoms with van der Waals surface area (Å²) in [6, 6.07) is 13.9. The Kier molecular flexibility index (Phi) is 7.07. The van der Waals surface area contributed by atoms with Crippen LogP contribution in [-0.4, -0.2) is 25.2 Å². The van der Waals surface area contributed by atoms with Gasteiger partial charge in [-0.15, -0.1) is 0 Å². The van der Waals surface area contributed by atoms with Crippen LogP contribution in [0.4, 0.5) is 0 Å². The Morgan fingerprint density at radius 1 is 1.04 bits per heavy atom. The van der Waals surface area contributed by atoms with Crippen LogP contribution in [0.2, 0.25) is 0 Å². The van der Waals surface area contributed by atoms with Crippen LogP contribution in [0.15, 0.2) is 42.5 Å². The number of benzene rings is 2. The highest BCUT2D eigenvalue weighted by Crippen LogP contribution is 2.25. The molecule has 26 heavy (non-hydrogen) atoms. The minimum absolute atomic E-state index is 0.148. The molecular weight excluding hydrogens is 326 g/mol. The Labute approximate surface area is 156 Å².